The van der Waals surface area contributed by atoms with Crippen molar-refractivity contribution in [3.8, 4) is 5.75 Å². The Balaban J connectivity index is 1.54. The number of phenolic OH excluding ortho intramolecular Hbond substituents is 1. The maximum Gasteiger partial charge on any atom is 0.224 e. The van der Waals surface area contributed by atoms with Crippen LogP contribution in [0, 0.1) is 6.92 Å². The third kappa shape index (κ3) is 9.00. The number of nitrogens with one attached hydrogen (secondary N) is 3. The van der Waals surface area contributed by atoms with E-state index >= 15 is 0 Å². The van der Waals surface area contributed by atoms with Gasteiger partial charge in [-0.1, -0.05) is 54.6 Å². The van der Waals surface area contributed by atoms with Gasteiger partial charge in [-0.2, -0.15) is 0 Å². The lowest BCUT2D eigenvalue weighted by Crippen LogP contribution is -2.43. The van der Waals surface area contributed by atoms with Crippen molar-refractivity contribution in [2.24, 2.45) is 0 Å². The molecule has 3 aromatic carbocycles. The number of hydrogen-bond acceptors (Lipinski definition) is 5. The maximum absolute atomic E-state index is 12.5. The molecule has 0 fully saturated rings. The van der Waals surface area contributed by atoms with Crippen molar-refractivity contribution in [1.29, 1.82) is 0 Å². The van der Waals surface area contributed by atoms with Gasteiger partial charge in [0.15, 0.2) is 0 Å². The molecule has 1 amide bonds. The van der Waals surface area contributed by atoms with E-state index in [1.807, 2.05) is 49.4 Å². The minimum absolute atomic E-state index is 0.0180. The summed E-state index contributed by atoms with van der Waals surface area (Å²) in [5.74, 6) is -0.0428. The zero-order valence-electron chi connectivity index (χ0n) is 21.9. The molecule has 0 spiro atoms. The van der Waals surface area contributed by atoms with Crippen molar-refractivity contribution in [1.82, 2.24) is 10.6 Å². The average Bonchev–Trinajstić information content (AvgIpc) is 2.83. The summed E-state index contributed by atoms with van der Waals surface area (Å²) in [6, 6.07) is 20.8. The highest BCUT2D eigenvalue weighted by Crippen LogP contribution is 2.27. The van der Waals surface area contributed by atoms with Gasteiger partial charge in [0.05, 0.1) is 18.2 Å². The van der Waals surface area contributed by atoms with Crippen molar-refractivity contribution < 1.29 is 19.2 Å². The van der Waals surface area contributed by atoms with Crippen LogP contribution in [0.1, 0.15) is 47.8 Å². The Labute approximate surface area is 221 Å². The molecule has 0 aromatic heterocycles. The van der Waals surface area contributed by atoms with Crippen LogP contribution in [0.2, 0.25) is 0 Å². The molecule has 8 heteroatoms. The van der Waals surface area contributed by atoms with Crippen molar-refractivity contribution in [2.75, 3.05) is 17.5 Å². The summed E-state index contributed by atoms with van der Waals surface area (Å²) in [4.78, 5) is 12.5. The second kappa shape index (κ2) is 12.9. The van der Waals surface area contributed by atoms with Crippen molar-refractivity contribution in [3.63, 3.8) is 0 Å². The predicted octanol–water partition coefficient (Wildman–Crippen LogP) is 3.91. The SMILES string of the molecule is Cc1ccccc1CNC(=O)Cc1cccc(CC(C)(C)NC[C@H](O)c2ccc(O)c(NS(C)=O)c2)c1. The molecule has 2 atom stereocenters. The fourth-order valence-electron chi connectivity index (χ4n) is 4.16. The number of carbonyl (C=O) groups is 1. The first-order valence-electron chi connectivity index (χ1n) is 12.3. The Morgan fingerprint density at radius 3 is 2.49 bits per heavy atom. The van der Waals surface area contributed by atoms with E-state index < -0.39 is 17.1 Å². The lowest BCUT2D eigenvalue weighted by molar-refractivity contribution is -0.120. The summed E-state index contributed by atoms with van der Waals surface area (Å²) in [6.45, 7) is 6.97. The zero-order chi connectivity index (χ0) is 27.0. The first-order chi connectivity index (χ1) is 17.5. The number of hydrogen-bond donors (Lipinski definition) is 5. The molecule has 3 aromatic rings. The van der Waals surface area contributed by atoms with Crippen molar-refractivity contribution in [2.45, 2.75) is 51.8 Å². The molecule has 5 N–H and O–H groups in total. The summed E-state index contributed by atoms with van der Waals surface area (Å²) in [7, 11) is -1.34. The summed E-state index contributed by atoms with van der Waals surface area (Å²) >= 11 is 0. The van der Waals surface area contributed by atoms with Crippen molar-refractivity contribution in [3.05, 3.63) is 94.5 Å². The summed E-state index contributed by atoms with van der Waals surface area (Å²) in [6.07, 6.45) is 1.68. The van der Waals surface area contributed by atoms with E-state index in [2.05, 4.69) is 35.3 Å². The van der Waals surface area contributed by atoms with Crippen LogP contribution in [0.15, 0.2) is 66.7 Å². The monoisotopic (exact) mass is 523 g/mol. The minimum atomic E-state index is -1.34. The van der Waals surface area contributed by atoms with Gasteiger partial charge >= 0.3 is 0 Å². The van der Waals surface area contributed by atoms with Crippen LogP contribution in [-0.4, -0.2) is 38.7 Å². The number of carbonyl (C=O) groups excluding carboxylic acids is 1. The number of aryl methyl sites for hydroxylation is 1. The second-order valence-electron chi connectivity index (χ2n) is 9.99. The third-order valence-corrected chi connectivity index (χ3v) is 6.68. The quantitative estimate of drug-likeness (QED) is 0.231. The molecular formula is C29H37N3O4S. The Morgan fingerprint density at radius 2 is 1.76 bits per heavy atom. The largest absolute Gasteiger partial charge is 0.506 e. The number of benzene rings is 3. The standard InChI is InChI=1S/C29H37N3O4S/c1-20-8-5-6-11-24(20)18-30-28(35)15-21-9-7-10-22(14-21)17-29(2,3)31-19-27(34)23-12-13-26(33)25(16-23)32-37(4)36/h5-14,16,27,31-34H,15,17-19H2,1-4H3,(H,30,35)/t27-,37?/m0/s1. The number of aliphatic hydroxyl groups excluding tert-OH is 1. The summed E-state index contributed by atoms with van der Waals surface area (Å²) in [5.41, 5.74) is 4.91. The van der Waals surface area contributed by atoms with Gasteiger partial charge in [-0.3, -0.25) is 4.79 Å². The molecule has 0 saturated heterocycles. The van der Waals surface area contributed by atoms with Gasteiger partial charge in [0.25, 0.3) is 0 Å². The molecule has 0 aliphatic carbocycles. The first kappa shape index (κ1) is 28.4. The van der Waals surface area contributed by atoms with Gasteiger partial charge in [0, 0.05) is 24.9 Å². The number of aliphatic hydroxyl groups is 1. The second-order valence-corrected chi connectivity index (χ2v) is 11.1. The highest BCUT2D eigenvalue weighted by molar-refractivity contribution is 7.85. The molecule has 1 unspecified atom stereocenters. The van der Waals surface area contributed by atoms with Crippen LogP contribution < -0.4 is 15.4 Å². The molecule has 0 aliphatic heterocycles. The van der Waals surface area contributed by atoms with E-state index in [0.29, 0.717) is 37.2 Å². The number of rotatable bonds is 12. The molecule has 198 valence electrons. The van der Waals surface area contributed by atoms with Gasteiger partial charge in [0.1, 0.15) is 16.7 Å². The Morgan fingerprint density at radius 1 is 1.03 bits per heavy atom. The van der Waals surface area contributed by atoms with E-state index in [1.54, 1.807) is 12.1 Å². The zero-order valence-corrected chi connectivity index (χ0v) is 22.7. The molecule has 0 aliphatic rings. The van der Waals surface area contributed by atoms with Crippen LogP contribution in [-0.2, 0) is 35.2 Å². The number of phenols is 1. The van der Waals surface area contributed by atoms with Gasteiger partial charge in [-0.15, -0.1) is 0 Å². The molecule has 37 heavy (non-hydrogen) atoms. The molecule has 3 rings (SSSR count). The highest BCUT2D eigenvalue weighted by Gasteiger charge is 2.21. The highest BCUT2D eigenvalue weighted by atomic mass is 32.2. The Kier molecular flexibility index (Phi) is 9.86. The average molecular weight is 524 g/mol. The molecule has 0 saturated carbocycles. The molecule has 7 nitrogen and oxygen atoms in total. The van der Waals surface area contributed by atoms with E-state index in [4.69, 9.17) is 0 Å². The van der Waals surface area contributed by atoms with Crippen LogP contribution in [0.25, 0.3) is 0 Å². The van der Waals surface area contributed by atoms with Gasteiger partial charge in [0.2, 0.25) is 5.91 Å². The van der Waals surface area contributed by atoms with E-state index in [1.165, 1.54) is 12.3 Å². The lowest BCUT2D eigenvalue weighted by Gasteiger charge is -2.28. The summed E-state index contributed by atoms with van der Waals surface area (Å²) in [5, 5.41) is 27.1. The Hall–Kier alpha value is -3.20. The predicted molar refractivity (Wildman–Crippen MR) is 150 cm³/mol. The fraction of sp³-hybridized carbons (Fsp3) is 0.345. The summed E-state index contributed by atoms with van der Waals surface area (Å²) < 4.78 is 14.1. The van der Waals surface area contributed by atoms with Crippen LogP contribution >= 0.6 is 0 Å². The smallest absolute Gasteiger partial charge is 0.224 e. The van der Waals surface area contributed by atoms with Crippen LogP contribution in [0.4, 0.5) is 5.69 Å². The molecule has 0 heterocycles. The number of β-amino-alcohol motifs (C(OH)–C–C–N with tert-alkyl or cyclic N) is 1. The van der Waals surface area contributed by atoms with Crippen LogP contribution in [0.5, 0.6) is 5.75 Å². The molecule has 0 bridgehead atoms. The van der Waals surface area contributed by atoms with Gasteiger partial charge in [-0.25, -0.2) is 4.21 Å². The van der Waals surface area contributed by atoms with E-state index in [-0.39, 0.29) is 17.2 Å². The number of anilines is 1. The third-order valence-electron chi connectivity index (χ3n) is 6.17. The fourth-order valence-corrected chi connectivity index (χ4v) is 4.63. The minimum Gasteiger partial charge on any atom is -0.506 e. The molecular weight excluding hydrogens is 486 g/mol. The normalized spacial score (nSPS) is 13.1. The van der Waals surface area contributed by atoms with Crippen LogP contribution in [0.3, 0.4) is 0 Å². The number of amides is 1. The van der Waals surface area contributed by atoms with E-state index in [0.717, 1.165) is 22.3 Å². The van der Waals surface area contributed by atoms with Gasteiger partial charge < -0.3 is 25.6 Å². The van der Waals surface area contributed by atoms with Crippen molar-refractivity contribution >= 4 is 22.6 Å². The lowest BCUT2D eigenvalue weighted by atomic mass is 9.93. The topological polar surface area (TPSA) is 111 Å². The maximum atomic E-state index is 12.5. The van der Waals surface area contributed by atoms with Gasteiger partial charge in [-0.05, 0) is 67.1 Å². The number of aromatic hydroxyl groups is 1. The first-order valence-corrected chi connectivity index (χ1v) is 13.8. The Bertz CT molecular complexity index is 1250. The van der Waals surface area contributed by atoms with E-state index in [9.17, 15) is 19.2 Å². The molecule has 0 radical (unpaired) electrons.